The Labute approximate surface area is 128 Å². The summed E-state index contributed by atoms with van der Waals surface area (Å²) < 4.78 is 5.31. The summed E-state index contributed by atoms with van der Waals surface area (Å²) in [6.45, 7) is 5.27. The summed E-state index contributed by atoms with van der Waals surface area (Å²) in [5.41, 5.74) is 4.01. The number of aryl methyl sites for hydroxylation is 1. The second kappa shape index (κ2) is 7.84. The van der Waals surface area contributed by atoms with Gasteiger partial charge in [-0.2, -0.15) is 0 Å². The number of benzene rings is 2. The zero-order chi connectivity index (χ0) is 15.1. The van der Waals surface area contributed by atoms with Gasteiger partial charge in [0.25, 0.3) is 0 Å². The van der Waals surface area contributed by atoms with E-state index in [0.29, 0.717) is 6.04 Å². The first kappa shape index (κ1) is 15.6. The van der Waals surface area contributed by atoms with E-state index in [1.807, 2.05) is 6.07 Å². The molecule has 21 heavy (non-hydrogen) atoms. The Hall–Kier alpha value is -1.80. The van der Waals surface area contributed by atoms with Gasteiger partial charge in [-0.05, 0) is 49.6 Å². The van der Waals surface area contributed by atoms with Crippen molar-refractivity contribution < 1.29 is 4.74 Å². The number of ether oxygens (including phenoxy) is 1. The molecule has 0 aromatic heterocycles. The van der Waals surface area contributed by atoms with Crippen LogP contribution in [0, 0.1) is 6.92 Å². The second-order valence-electron chi connectivity index (χ2n) is 5.50. The Morgan fingerprint density at radius 1 is 1.00 bits per heavy atom. The van der Waals surface area contributed by atoms with Crippen molar-refractivity contribution in [3.63, 3.8) is 0 Å². The average molecular weight is 283 g/mol. The molecular formula is C19H25NO. The molecule has 0 saturated carbocycles. The highest BCUT2D eigenvalue weighted by Gasteiger charge is 2.10. The minimum Gasteiger partial charge on any atom is -0.497 e. The van der Waals surface area contributed by atoms with Crippen molar-refractivity contribution >= 4 is 0 Å². The van der Waals surface area contributed by atoms with Crippen molar-refractivity contribution in [2.24, 2.45) is 0 Å². The van der Waals surface area contributed by atoms with Crippen LogP contribution in [0.15, 0.2) is 48.5 Å². The Morgan fingerprint density at radius 3 is 2.38 bits per heavy atom. The third-order valence-electron chi connectivity index (χ3n) is 3.71. The van der Waals surface area contributed by atoms with Crippen molar-refractivity contribution in [2.45, 2.75) is 32.7 Å². The summed E-state index contributed by atoms with van der Waals surface area (Å²) in [5.74, 6) is 0.929. The summed E-state index contributed by atoms with van der Waals surface area (Å²) in [7, 11) is 1.72. The molecule has 2 rings (SSSR count). The summed E-state index contributed by atoms with van der Waals surface area (Å²) >= 11 is 0. The molecular weight excluding hydrogens is 258 g/mol. The third-order valence-corrected chi connectivity index (χ3v) is 3.71. The van der Waals surface area contributed by atoms with Gasteiger partial charge < -0.3 is 10.1 Å². The van der Waals surface area contributed by atoms with Gasteiger partial charge in [0.15, 0.2) is 0 Å². The zero-order valence-electron chi connectivity index (χ0n) is 13.2. The van der Waals surface area contributed by atoms with Crippen molar-refractivity contribution in [3.05, 3.63) is 65.2 Å². The molecule has 1 N–H and O–H groups in total. The Morgan fingerprint density at radius 2 is 1.71 bits per heavy atom. The second-order valence-corrected chi connectivity index (χ2v) is 5.50. The lowest BCUT2D eigenvalue weighted by Crippen LogP contribution is -2.33. The minimum atomic E-state index is 0.449. The molecule has 2 nitrogen and oxygen atoms in total. The van der Waals surface area contributed by atoms with Crippen LogP contribution in [0.3, 0.4) is 0 Å². The van der Waals surface area contributed by atoms with Crippen molar-refractivity contribution in [1.29, 1.82) is 0 Å². The van der Waals surface area contributed by atoms with Gasteiger partial charge in [-0.15, -0.1) is 0 Å². The zero-order valence-corrected chi connectivity index (χ0v) is 13.2. The van der Waals surface area contributed by atoms with Crippen LogP contribution in [0.5, 0.6) is 5.75 Å². The van der Waals surface area contributed by atoms with Crippen LogP contribution in [0.1, 0.15) is 23.6 Å². The fourth-order valence-corrected chi connectivity index (χ4v) is 2.60. The lowest BCUT2D eigenvalue weighted by atomic mass is 9.98. The molecule has 2 heteroatoms. The fraction of sp³-hybridized carbons (Fsp3) is 0.368. The van der Waals surface area contributed by atoms with Gasteiger partial charge in [0.05, 0.1) is 7.11 Å². The molecule has 0 bridgehead atoms. The minimum absolute atomic E-state index is 0.449. The maximum Gasteiger partial charge on any atom is 0.119 e. The fourth-order valence-electron chi connectivity index (χ4n) is 2.60. The average Bonchev–Trinajstić information content (AvgIpc) is 2.50. The van der Waals surface area contributed by atoms with Gasteiger partial charge in [-0.1, -0.05) is 48.9 Å². The lowest BCUT2D eigenvalue weighted by Gasteiger charge is -2.18. The molecule has 2 aromatic carbocycles. The molecule has 2 aromatic rings. The van der Waals surface area contributed by atoms with Crippen LogP contribution < -0.4 is 10.1 Å². The highest BCUT2D eigenvalue weighted by Crippen LogP contribution is 2.16. The maximum atomic E-state index is 5.31. The number of hydrogen-bond acceptors (Lipinski definition) is 2. The predicted molar refractivity (Wildman–Crippen MR) is 89.0 cm³/mol. The summed E-state index contributed by atoms with van der Waals surface area (Å²) in [6, 6.07) is 17.6. The molecule has 0 spiro atoms. The van der Waals surface area contributed by atoms with E-state index in [9.17, 15) is 0 Å². The normalized spacial score (nSPS) is 12.1. The quantitative estimate of drug-likeness (QED) is 0.835. The van der Waals surface area contributed by atoms with Crippen molar-refractivity contribution in [1.82, 2.24) is 5.32 Å². The number of likely N-dealkylation sites (N-methyl/N-ethyl adjacent to an activating group) is 1. The smallest absolute Gasteiger partial charge is 0.119 e. The van der Waals surface area contributed by atoms with Crippen LogP contribution in [-0.4, -0.2) is 19.7 Å². The molecule has 0 aliphatic rings. The first-order valence-corrected chi connectivity index (χ1v) is 7.63. The third kappa shape index (κ3) is 4.91. The van der Waals surface area contributed by atoms with Crippen molar-refractivity contribution in [2.75, 3.05) is 13.7 Å². The van der Waals surface area contributed by atoms with E-state index in [1.165, 1.54) is 16.7 Å². The monoisotopic (exact) mass is 283 g/mol. The first-order chi connectivity index (χ1) is 10.2. The van der Waals surface area contributed by atoms with Gasteiger partial charge in [-0.3, -0.25) is 0 Å². The molecule has 0 heterocycles. The lowest BCUT2D eigenvalue weighted by molar-refractivity contribution is 0.413. The Bertz CT molecular complexity index is 548. The van der Waals surface area contributed by atoms with Crippen LogP contribution in [-0.2, 0) is 12.8 Å². The van der Waals surface area contributed by atoms with E-state index in [1.54, 1.807) is 7.11 Å². The van der Waals surface area contributed by atoms with Gasteiger partial charge >= 0.3 is 0 Å². The highest BCUT2D eigenvalue weighted by molar-refractivity contribution is 5.29. The molecule has 0 aliphatic carbocycles. The number of methoxy groups -OCH3 is 1. The van der Waals surface area contributed by atoms with Crippen molar-refractivity contribution in [3.8, 4) is 5.75 Å². The van der Waals surface area contributed by atoms with E-state index >= 15 is 0 Å². The number of nitrogens with one attached hydrogen (secondary N) is 1. The van der Waals surface area contributed by atoms with E-state index < -0.39 is 0 Å². The summed E-state index contributed by atoms with van der Waals surface area (Å²) in [4.78, 5) is 0. The first-order valence-electron chi connectivity index (χ1n) is 7.63. The standard InChI is InChI=1S/C19H25NO/c1-4-20-18(12-16-10-8-15(2)9-11-16)13-17-6-5-7-19(14-17)21-3/h5-11,14,18,20H,4,12-13H2,1-3H3. The molecule has 112 valence electrons. The Kier molecular flexibility index (Phi) is 5.82. The van der Waals surface area contributed by atoms with Crippen LogP contribution >= 0.6 is 0 Å². The van der Waals surface area contributed by atoms with Gasteiger partial charge in [0.1, 0.15) is 5.75 Å². The largest absolute Gasteiger partial charge is 0.497 e. The molecule has 1 unspecified atom stereocenters. The van der Waals surface area contributed by atoms with E-state index in [4.69, 9.17) is 4.74 Å². The predicted octanol–water partition coefficient (Wildman–Crippen LogP) is 3.77. The summed E-state index contributed by atoms with van der Waals surface area (Å²) in [6.07, 6.45) is 2.06. The van der Waals surface area contributed by atoms with Gasteiger partial charge in [-0.25, -0.2) is 0 Å². The van der Waals surface area contributed by atoms with Crippen LogP contribution in [0.25, 0.3) is 0 Å². The molecule has 1 atom stereocenters. The molecule has 0 aliphatic heterocycles. The highest BCUT2D eigenvalue weighted by atomic mass is 16.5. The molecule has 0 radical (unpaired) electrons. The number of hydrogen-bond donors (Lipinski definition) is 1. The van der Waals surface area contributed by atoms with Crippen LogP contribution in [0.4, 0.5) is 0 Å². The van der Waals surface area contributed by atoms with E-state index in [0.717, 1.165) is 25.1 Å². The summed E-state index contributed by atoms with van der Waals surface area (Å²) in [5, 5.41) is 3.59. The van der Waals surface area contributed by atoms with Gasteiger partial charge in [0, 0.05) is 6.04 Å². The van der Waals surface area contributed by atoms with Gasteiger partial charge in [0.2, 0.25) is 0 Å². The van der Waals surface area contributed by atoms with E-state index in [-0.39, 0.29) is 0 Å². The molecule has 0 saturated heterocycles. The Balaban J connectivity index is 2.05. The molecule has 0 amide bonds. The van der Waals surface area contributed by atoms with E-state index in [2.05, 4.69) is 61.6 Å². The number of rotatable bonds is 7. The van der Waals surface area contributed by atoms with Crippen LogP contribution in [0.2, 0.25) is 0 Å². The topological polar surface area (TPSA) is 21.3 Å². The maximum absolute atomic E-state index is 5.31. The molecule has 0 fully saturated rings. The SMILES string of the molecule is CCNC(Cc1ccc(C)cc1)Cc1cccc(OC)c1.